The molecule has 0 fully saturated rings. The summed E-state index contributed by atoms with van der Waals surface area (Å²) in [5.41, 5.74) is 1.52. The van der Waals surface area contributed by atoms with Gasteiger partial charge < -0.3 is 5.11 Å². The fourth-order valence-corrected chi connectivity index (χ4v) is 1.50. The SMILES string of the molecule is CCCCCC(C)=CCC(C)CCO. The lowest BCUT2D eigenvalue weighted by Gasteiger charge is -2.07. The van der Waals surface area contributed by atoms with E-state index in [9.17, 15) is 0 Å². The molecule has 0 rings (SSSR count). The van der Waals surface area contributed by atoms with Gasteiger partial charge in [-0.3, -0.25) is 0 Å². The van der Waals surface area contributed by atoms with E-state index in [0.717, 1.165) is 12.8 Å². The molecule has 14 heavy (non-hydrogen) atoms. The first-order chi connectivity index (χ1) is 6.70. The van der Waals surface area contributed by atoms with Crippen LogP contribution in [-0.2, 0) is 0 Å². The average molecular weight is 198 g/mol. The summed E-state index contributed by atoms with van der Waals surface area (Å²) in [6.07, 6.45) is 9.62. The Labute approximate surface area is 89.2 Å². The molecule has 0 amide bonds. The number of hydrogen-bond donors (Lipinski definition) is 1. The maximum atomic E-state index is 8.75. The van der Waals surface area contributed by atoms with Crippen molar-refractivity contribution in [3.05, 3.63) is 11.6 Å². The molecule has 0 radical (unpaired) electrons. The Hall–Kier alpha value is -0.300. The number of hydrogen-bond acceptors (Lipinski definition) is 1. The molecule has 0 aliphatic heterocycles. The van der Waals surface area contributed by atoms with Crippen LogP contribution >= 0.6 is 0 Å². The monoisotopic (exact) mass is 198 g/mol. The Morgan fingerprint density at radius 1 is 1.36 bits per heavy atom. The van der Waals surface area contributed by atoms with Crippen molar-refractivity contribution in [3.8, 4) is 0 Å². The molecule has 84 valence electrons. The highest BCUT2D eigenvalue weighted by Crippen LogP contribution is 2.13. The predicted molar refractivity (Wildman–Crippen MR) is 63.4 cm³/mol. The molecule has 0 heterocycles. The second-order valence-corrected chi connectivity index (χ2v) is 4.36. The number of unbranched alkanes of at least 4 members (excludes halogenated alkanes) is 2. The van der Waals surface area contributed by atoms with Crippen LogP contribution in [0.15, 0.2) is 11.6 Å². The Morgan fingerprint density at radius 3 is 2.64 bits per heavy atom. The smallest absolute Gasteiger partial charge is 0.0433 e. The van der Waals surface area contributed by atoms with Crippen LogP contribution in [-0.4, -0.2) is 11.7 Å². The highest BCUT2D eigenvalue weighted by atomic mass is 16.3. The summed E-state index contributed by atoms with van der Waals surface area (Å²) in [4.78, 5) is 0. The largest absolute Gasteiger partial charge is 0.396 e. The van der Waals surface area contributed by atoms with E-state index < -0.39 is 0 Å². The molecule has 1 atom stereocenters. The van der Waals surface area contributed by atoms with E-state index in [-0.39, 0.29) is 0 Å². The van der Waals surface area contributed by atoms with Gasteiger partial charge in [0.2, 0.25) is 0 Å². The van der Waals surface area contributed by atoms with E-state index in [4.69, 9.17) is 5.11 Å². The zero-order chi connectivity index (χ0) is 10.8. The maximum absolute atomic E-state index is 8.75. The summed E-state index contributed by atoms with van der Waals surface area (Å²) in [6.45, 7) is 6.99. The predicted octanol–water partition coefficient (Wildman–Crippen LogP) is 3.92. The molecule has 0 aromatic heterocycles. The van der Waals surface area contributed by atoms with E-state index in [1.165, 1.54) is 31.3 Å². The molecule has 0 aromatic carbocycles. The first-order valence-corrected chi connectivity index (χ1v) is 5.97. The van der Waals surface area contributed by atoms with Gasteiger partial charge in [0.15, 0.2) is 0 Å². The summed E-state index contributed by atoms with van der Waals surface area (Å²) in [5.74, 6) is 0.626. The van der Waals surface area contributed by atoms with E-state index in [1.807, 2.05) is 0 Å². The standard InChI is InChI=1S/C13H26O/c1-4-5-6-7-12(2)8-9-13(3)10-11-14/h8,13-14H,4-7,9-11H2,1-3H3. The van der Waals surface area contributed by atoms with Gasteiger partial charge in [0.25, 0.3) is 0 Å². The number of allylic oxidation sites excluding steroid dienone is 2. The topological polar surface area (TPSA) is 20.2 Å². The van der Waals surface area contributed by atoms with Crippen LogP contribution in [0.5, 0.6) is 0 Å². The van der Waals surface area contributed by atoms with E-state index in [1.54, 1.807) is 0 Å². The van der Waals surface area contributed by atoms with Crippen molar-refractivity contribution < 1.29 is 5.11 Å². The van der Waals surface area contributed by atoms with Crippen LogP contribution in [0.4, 0.5) is 0 Å². The van der Waals surface area contributed by atoms with E-state index >= 15 is 0 Å². The van der Waals surface area contributed by atoms with Gasteiger partial charge in [-0.2, -0.15) is 0 Å². The second kappa shape index (κ2) is 9.26. The minimum Gasteiger partial charge on any atom is -0.396 e. The molecular formula is C13H26O. The minimum absolute atomic E-state index is 0.323. The van der Waals surface area contributed by atoms with Crippen LogP contribution in [0.2, 0.25) is 0 Å². The molecule has 0 aliphatic rings. The Morgan fingerprint density at radius 2 is 2.07 bits per heavy atom. The van der Waals surface area contributed by atoms with Gasteiger partial charge in [0.05, 0.1) is 0 Å². The number of rotatable bonds is 8. The number of aliphatic hydroxyl groups excluding tert-OH is 1. The highest BCUT2D eigenvalue weighted by molar-refractivity contribution is 4.98. The third kappa shape index (κ3) is 8.31. The molecule has 1 N–H and O–H groups in total. The minimum atomic E-state index is 0.323. The lowest BCUT2D eigenvalue weighted by atomic mass is 10.0. The Balaban J connectivity index is 3.54. The van der Waals surface area contributed by atoms with Crippen molar-refractivity contribution in [2.24, 2.45) is 5.92 Å². The van der Waals surface area contributed by atoms with Gasteiger partial charge in [-0.1, -0.05) is 38.3 Å². The van der Waals surface area contributed by atoms with Crippen molar-refractivity contribution >= 4 is 0 Å². The van der Waals surface area contributed by atoms with Gasteiger partial charge in [-0.15, -0.1) is 0 Å². The van der Waals surface area contributed by atoms with Crippen molar-refractivity contribution in [1.82, 2.24) is 0 Å². The highest BCUT2D eigenvalue weighted by Gasteiger charge is 1.98. The molecular weight excluding hydrogens is 172 g/mol. The zero-order valence-electron chi connectivity index (χ0n) is 10.1. The van der Waals surface area contributed by atoms with E-state index in [2.05, 4.69) is 26.8 Å². The van der Waals surface area contributed by atoms with Crippen molar-refractivity contribution in [1.29, 1.82) is 0 Å². The van der Waals surface area contributed by atoms with Gasteiger partial charge in [-0.05, 0) is 38.5 Å². The van der Waals surface area contributed by atoms with Crippen LogP contribution < -0.4 is 0 Å². The molecule has 0 spiro atoms. The summed E-state index contributed by atoms with van der Waals surface area (Å²) in [7, 11) is 0. The normalized spacial score (nSPS) is 14.4. The third-order valence-electron chi connectivity index (χ3n) is 2.67. The Bertz CT molecular complexity index is 149. The van der Waals surface area contributed by atoms with Crippen molar-refractivity contribution in [2.75, 3.05) is 6.61 Å². The van der Waals surface area contributed by atoms with Crippen LogP contribution in [0.3, 0.4) is 0 Å². The lowest BCUT2D eigenvalue weighted by molar-refractivity contribution is 0.263. The maximum Gasteiger partial charge on any atom is 0.0433 e. The van der Waals surface area contributed by atoms with Crippen molar-refractivity contribution in [3.63, 3.8) is 0 Å². The zero-order valence-corrected chi connectivity index (χ0v) is 10.1. The third-order valence-corrected chi connectivity index (χ3v) is 2.67. The fraction of sp³-hybridized carbons (Fsp3) is 0.846. The molecule has 1 unspecified atom stereocenters. The van der Waals surface area contributed by atoms with Gasteiger partial charge in [-0.25, -0.2) is 0 Å². The molecule has 0 saturated heterocycles. The average Bonchev–Trinajstić information content (AvgIpc) is 2.16. The quantitative estimate of drug-likeness (QED) is 0.463. The van der Waals surface area contributed by atoms with Crippen LogP contribution in [0.1, 0.15) is 59.3 Å². The van der Waals surface area contributed by atoms with E-state index in [0.29, 0.717) is 12.5 Å². The number of aliphatic hydroxyl groups is 1. The molecule has 0 saturated carbocycles. The Kier molecular flexibility index (Phi) is 9.06. The summed E-state index contributed by atoms with van der Waals surface area (Å²) in [5, 5.41) is 8.75. The van der Waals surface area contributed by atoms with Gasteiger partial charge in [0, 0.05) is 6.61 Å². The van der Waals surface area contributed by atoms with Crippen LogP contribution in [0, 0.1) is 5.92 Å². The fourth-order valence-electron chi connectivity index (χ4n) is 1.50. The van der Waals surface area contributed by atoms with Gasteiger partial charge >= 0.3 is 0 Å². The second-order valence-electron chi connectivity index (χ2n) is 4.36. The summed E-state index contributed by atoms with van der Waals surface area (Å²) < 4.78 is 0. The molecule has 0 aliphatic carbocycles. The molecule has 0 bridgehead atoms. The summed E-state index contributed by atoms with van der Waals surface area (Å²) >= 11 is 0. The molecule has 1 heteroatoms. The van der Waals surface area contributed by atoms with Crippen LogP contribution in [0.25, 0.3) is 0 Å². The molecule has 1 nitrogen and oxygen atoms in total. The summed E-state index contributed by atoms with van der Waals surface area (Å²) in [6, 6.07) is 0. The first-order valence-electron chi connectivity index (χ1n) is 5.97. The van der Waals surface area contributed by atoms with Crippen molar-refractivity contribution in [2.45, 2.75) is 59.3 Å². The lowest BCUT2D eigenvalue weighted by Crippen LogP contribution is -1.96. The van der Waals surface area contributed by atoms with Gasteiger partial charge in [0.1, 0.15) is 0 Å². The first kappa shape index (κ1) is 13.7. The molecule has 0 aromatic rings.